The molecule has 1 saturated heterocycles. The van der Waals surface area contributed by atoms with Crippen LogP contribution in [0.15, 0.2) is 29.6 Å². The summed E-state index contributed by atoms with van der Waals surface area (Å²) in [5, 5.41) is 2.83. The fraction of sp³-hybridized carbons (Fsp3) is 0.368. The van der Waals surface area contributed by atoms with E-state index in [4.69, 9.17) is 16.3 Å². The molecule has 2 heterocycles. The Labute approximate surface area is 171 Å². The number of thiazole rings is 1. The van der Waals surface area contributed by atoms with Gasteiger partial charge in [-0.1, -0.05) is 23.7 Å². The topological polar surface area (TPSA) is 79.8 Å². The highest BCUT2D eigenvalue weighted by Crippen LogP contribution is 2.26. The first kappa shape index (κ1) is 20.3. The molecule has 9 heteroatoms. The number of benzene rings is 1. The molecule has 0 saturated carbocycles. The molecule has 1 aromatic heterocycles. The van der Waals surface area contributed by atoms with E-state index in [2.05, 4.69) is 4.98 Å². The number of hydrogen-bond acceptors (Lipinski definition) is 6. The fourth-order valence-electron chi connectivity index (χ4n) is 2.89. The third-order valence-electron chi connectivity index (χ3n) is 4.45. The van der Waals surface area contributed by atoms with Crippen LogP contribution < -0.4 is 0 Å². The molecule has 0 aliphatic carbocycles. The Kier molecular flexibility index (Phi) is 6.31. The van der Waals surface area contributed by atoms with E-state index in [-0.39, 0.29) is 17.5 Å². The van der Waals surface area contributed by atoms with E-state index >= 15 is 0 Å². The molecule has 1 unspecified atom stereocenters. The van der Waals surface area contributed by atoms with Crippen molar-refractivity contribution in [2.24, 2.45) is 0 Å². The van der Waals surface area contributed by atoms with Crippen molar-refractivity contribution in [2.75, 3.05) is 26.2 Å². The summed E-state index contributed by atoms with van der Waals surface area (Å²) in [4.78, 5) is 43.8. The molecule has 148 valence electrons. The molecule has 28 heavy (non-hydrogen) atoms. The standard InChI is InChI=1S/C19H20ClN3O4S/c1-12(18(25)23-8-6-22(7-9-23)13(2)24)27-19(26)16-11-28-17(21-16)14-4-3-5-15(20)10-14/h3-5,10-12H,6-9H2,1-2H3. The largest absolute Gasteiger partial charge is 0.448 e. The van der Waals surface area contributed by atoms with E-state index in [1.54, 1.807) is 34.2 Å². The first-order valence-electron chi connectivity index (χ1n) is 8.82. The van der Waals surface area contributed by atoms with E-state index in [9.17, 15) is 14.4 Å². The zero-order valence-electron chi connectivity index (χ0n) is 15.6. The maximum atomic E-state index is 12.5. The number of hydrogen-bond donors (Lipinski definition) is 0. The summed E-state index contributed by atoms with van der Waals surface area (Å²) >= 11 is 7.29. The lowest BCUT2D eigenvalue weighted by atomic mass is 10.2. The number of piperazine rings is 1. The van der Waals surface area contributed by atoms with Crippen LogP contribution in [0, 0.1) is 0 Å². The Hall–Kier alpha value is -2.45. The molecule has 1 aliphatic rings. The minimum atomic E-state index is -0.923. The Morgan fingerprint density at radius 1 is 1.18 bits per heavy atom. The zero-order chi connectivity index (χ0) is 20.3. The molecule has 1 aromatic carbocycles. The fourth-order valence-corrected chi connectivity index (χ4v) is 3.87. The number of carbonyl (C=O) groups is 3. The molecule has 0 N–H and O–H groups in total. The van der Waals surface area contributed by atoms with Gasteiger partial charge in [-0.15, -0.1) is 11.3 Å². The predicted molar refractivity (Wildman–Crippen MR) is 106 cm³/mol. The summed E-state index contributed by atoms with van der Waals surface area (Å²) in [7, 11) is 0. The summed E-state index contributed by atoms with van der Waals surface area (Å²) in [6, 6.07) is 7.19. The van der Waals surface area contributed by atoms with Gasteiger partial charge in [0.2, 0.25) is 5.91 Å². The maximum absolute atomic E-state index is 12.5. The van der Waals surface area contributed by atoms with Crippen LogP contribution in [0.5, 0.6) is 0 Å². The van der Waals surface area contributed by atoms with Gasteiger partial charge in [-0.3, -0.25) is 9.59 Å². The monoisotopic (exact) mass is 421 g/mol. The van der Waals surface area contributed by atoms with Gasteiger partial charge in [0.05, 0.1) is 0 Å². The number of nitrogens with zero attached hydrogens (tertiary/aromatic N) is 3. The van der Waals surface area contributed by atoms with Crippen LogP contribution in [-0.2, 0) is 14.3 Å². The number of halogens is 1. The summed E-state index contributed by atoms with van der Waals surface area (Å²) in [6.07, 6.45) is -0.923. The number of esters is 1. The Morgan fingerprint density at radius 3 is 2.50 bits per heavy atom. The average molecular weight is 422 g/mol. The molecular weight excluding hydrogens is 402 g/mol. The molecule has 7 nitrogen and oxygen atoms in total. The highest BCUT2D eigenvalue weighted by Gasteiger charge is 2.28. The lowest BCUT2D eigenvalue weighted by Crippen LogP contribution is -2.52. The van der Waals surface area contributed by atoms with E-state index in [1.165, 1.54) is 18.3 Å². The van der Waals surface area contributed by atoms with Crippen LogP contribution >= 0.6 is 22.9 Å². The van der Waals surface area contributed by atoms with Gasteiger partial charge in [0.1, 0.15) is 5.01 Å². The first-order chi connectivity index (χ1) is 13.3. The van der Waals surface area contributed by atoms with Crippen LogP contribution in [0.3, 0.4) is 0 Å². The minimum absolute atomic E-state index is 0.00869. The van der Waals surface area contributed by atoms with Crippen molar-refractivity contribution in [1.82, 2.24) is 14.8 Å². The van der Waals surface area contributed by atoms with Gasteiger partial charge < -0.3 is 14.5 Å². The van der Waals surface area contributed by atoms with E-state index in [0.29, 0.717) is 36.2 Å². The highest BCUT2D eigenvalue weighted by atomic mass is 35.5. The van der Waals surface area contributed by atoms with Crippen molar-refractivity contribution in [2.45, 2.75) is 20.0 Å². The van der Waals surface area contributed by atoms with Crippen molar-refractivity contribution in [3.8, 4) is 10.6 Å². The van der Waals surface area contributed by atoms with Crippen molar-refractivity contribution < 1.29 is 19.1 Å². The lowest BCUT2D eigenvalue weighted by molar-refractivity contribution is -0.144. The van der Waals surface area contributed by atoms with E-state index in [0.717, 1.165) is 5.56 Å². The second-order valence-electron chi connectivity index (χ2n) is 6.43. The van der Waals surface area contributed by atoms with Crippen LogP contribution in [-0.4, -0.2) is 64.9 Å². The summed E-state index contributed by atoms with van der Waals surface area (Å²) in [5.41, 5.74) is 0.963. The predicted octanol–water partition coefficient (Wildman–Crippen LogP) is 2.70. The Bertz CT molecular complexity index is 893. The normalized spacial score (nSPS) is 15.2. The zero-order valence-corrected chi connectivity index (χ0v) is 17.1. The van der Waals surface area contributed by atoms with Crippen molar-refractivity contribution in [3.05, 3.63) is 40.4 Å². The van der Waals surface area contributed by atoms with Crippen LogP contribution in [0.1, 0.15) is 24.3 Å². The number of aromatic nitrogens is 1. The summed E-state index contributed by atoms with van der Waals surface area (Å²) in [6.45, 7) is 4.87. The number of carbonyl (C=O) groups excluding carboxylic acids is 3. The number of rotatable bonds is 4. The van der Waals surface area contributed by atoms with Gasteiger partial charge in [0, 0.05) is 49.1 Å². The van der Waals surface area contributed by atoms with Gasteiger partial charge >= 0.3 is 5.97 Å². The molecule has 1 atom stereocenters. The third-order valence-corrected chi connectivity index (χ3v) is 5.58. The molecule has 1 fully saturated rings. The lowest BCUT2D eigenvalue weighted by Gasteiger charge is -2.35. The molecule has 2 amide bonds. The van der Waals surface area contributed by atoms with Crippen LogP contribution in [0.25, 0.3) is 10.6 Å². The Balaban J connectivity index is 1.59. The van der Waals surface area contributed by atoms with Crippen molar-refractivity contribution in [3.63, 3.8) is 0 Å². The molecular formula is C19H20ClN3O4S. The molecule has 0 spiro atoms. The van der Waals surface area contributed by atoms with Crippen LogP contribution in [0.4, 0.5) is 0 Å². The number of ether oxygens (including phenoxy) is 1. The van der Waals surface area contributed by atoms with E-state index < -0.39 is 12.1 Å². The smallest absolute Gasteiger partial charge is 0.358 e. The van der Waals surface area contributed by atoms with Gasteiger partial charge in [0.25, 0.3) is 5.91 Å². The molecule has 0 bridgehead atoms. The maximum Gasteiger partial charge on any atom is 0.358 e. The molecule has 1 aliphatic heterocycles. The highest BCUT2D eigenvalue weighted by molar-refractivity contribution is 7.13. The first-order valence-corrected chi connectivity index (χ1v) is 10.1. The van der Waals surface area contributed by atoms with Gasteiger partial charge in [-0.2, -0.15) is 0 Å². The minimum Gasteiger partial charge on any atom is -0.448 e. The summed E-state index contributed by atoms with van der Waals surface area (Å²) in [5.74, 6) is -0.930. The Morgan fingerprint density at radius 2 is 1.86 bits per heavy atom. The second kappa shape index (κ2) is 8.70. The SMILES string of the molecule is CC(=O)N1CCN(C(=O)C(C)OC(=O)c2csc(-c3cccc(Cl)c3)n2)CC1. The van der Waals surface area contributed by atoms with Gasteiger partial charge in [0.15, 0.2) is 11.8 Å². The van der Waals surface area contributed by atoms with Crippen molar-refractivity contribution in [1.29, 1.82) is 0 Å². The molecule has 3 rings (SSSR count). The summed E-state index contributed by atoms with van der Waals surface area (Å²) < 4.78 is 5.31. The number of amides is 2. The second-order valence-corrected chi connectivity index (χ2v) is 7.72. The van der Waals surface area contributed by atoms with Crippen LogP contribution in [0.2, 0.25) is 5.02 Å². The molecule has 0 radical (unpaired) electrons. The molecule has 2 aromatic rings. The third kappa shape index (κ3) is 4.69. The van der Waals surface area contributed by atoms with Crippen molar-refractivity contribution >= 4 is 40.7 Å². The van der Waals surface area contributed by atoms with Gasteiger partial charge in [-0.25, -0.2) is 9.78 Å². The van der Waals surface area contributed by atoms with Gasteiger partial charge in [-0.05, 0) is 19.1 Å². The quantitative estimate of drug-likeness (QED) is 0.709. The average Bonchev–Trinajstić information content (AvgIpc) is 3.18. The van der Waals surface area contributed by atoms with E-state index in [1.807, 2.05) is 12.1 Å².